The van der Waals surface area contributed by atoms with E-state index in [4.69, 9.17) is 11.5 Å². The van der Waals surface area contributed by atoms with Crippen LogP contribution in [0.4, 0.5) is 8.78 Å². The molecule has 0 aromatic heterocycles. The molecule has 7 nitrogen and oxygen atoms in total. The monoisotopic (exact) mass is 410 g/mol. The summed E-state index contributed by atoms with van der Waals surface area (Å²) in [5.74, 6) is -4.25. The molecule has 0 aliphatic heterocycles. The van der Waals surface area contributed by atoms with E-state index in [1.807, 2.05) is 13.8 Å². The van der Waals surface area contributed by atoms with Gasteiger partial charge in [0.05, 0.1) is 24.2 Å². The van der Waals surface area contributed by atoms with Crippen molar-refractivity contribution in [1.82, 2.24) is 5.32 Å². The molecule has 0 heterocycles. The van der Waals surface area contributed by atoms with E-state index in [2.05, 4.69) is 10.3 Å². The third kappa shape index (κ3) is 6.63. The van der Waals surface area contributed by atoms with Gasteiger partial charge in [-0.1, -0.05) is 13.8 Å². The number of rotatable bonds is 9. The molecule has 0 spiro atoms. The number of allylic oxidation sites excluding steroid dienone is 1. The van der Waals surface area contributed by atoms with Crippen molar-refractivity contribution in [2.75, 3.05) is 7.05 Å². The summed E-state index contributed by atoms with van der Waals surface area (Å²) >= 11 is 0. The summed E-state index contributed by atoms with van der Waals surface area (Å²) in [5, 5.41) is 11.6. The lowest BCUT2D eigenvalue weighted by Gasteiger charge is -2.22. The second-order valence-electron chi connectivity index (χ2n) is 7.18. The summed E-state index contributed by atoms with van der Waals surface area (Å²) in [4.78, 5) is 27.7. The zero-order chi connectivity index (χ0) is 22.3. The first kappa shape index (κ1) is 24.2. The molecule has 29 heavy (non-hydrogen) atoms. The highest BCUT2D eigenvalue weighted by Crippen LogP contribution is 2.26. The second-order valence-corrected chi connectivity index (χ2v) is 7.18. The molecular weight excluding hydrogens is 382 g/mol. The average molecular weight is 410 g/mol. The Morgan fingerprint density at radius 1 is 1.31 bits per heavy atom. The summed E-state index contributed by atoms with van der Waals surface area (Å²) in [6.07, 6.45) is 0.977. The van der Waals surface area contributed by atoms with E-state index < -0.39 is 42.0 Å². The maximum atomic E-state index is 14.6. The fraction of sp³-hybridized carbons (Fsp3) is 0.450. The number of carbonyl (C=O) groups excluding carboxylic acids is 1. The zero-order valence-corrected chi connectivity index (χ0v) is 17.0. The van der Waals surface area contributed by atoms with Gasteiger partial charge in [-0.2, -0.15) is 0 Å². The van der Waals surface area contributed by atoms with Crippen LogP contribution in [0.5, 0.6) is 0 Å². The van der Waals surface area contributed by atoms with Crippen LogP contribution < -0.4 is 16.8 Å². The van der Waals surface area contributed by atoms with Crippen molar-refractivity contribution >= 4 is 17.6 Å². The predicted molar refractivity (Wildman–Crippen MR) is 107 cm³/mol. The number of aliphatic imine (C=N–C) groups is 1. The molecule has 0 bridgehead atoms. The van der Waals surface area contributed by atoms with Gasteiger partial charge in [0.25, 0.3) is 0 Å². The van der Waals surface area contributed by atoms with Crippen molar-refractivity contribution in [1.29, 1.82) is 0 Å². The van der Waals surface area contributed by atoms with E-state index in [1.54, 1.807) is 6.92 Å². The van der Waals surface area contributed by atoms with Crippen molar-refractivity contribution in [3.63, 3.8) is 0 Å². The summed E-state index contributed by atoms with van der Waals surface area (Å²) in [6, 6.07) is -0.0148. The first-order valence-corrected chi connectivity index (χ1v) is 9.14. The first-order valence-electron chi connectivity index (χ1n) is 9.14. The number of carboxylic acid groups (broad SMARTS) is 1. The van der Waals surface area contributed by atoms with Crippen LogP contribution in [0.3, 0.4) is 0 Å². The van der Waals surface area contributed by atoms with Crippen molar-refractivity contribution in [3.8, 4) is 0 Å². The highest BCUT2D eigenvalue weighted by Gasteiger charge is 2.27. The highest BCUT2D eigenvalue weighted by molar-refractivity contribution is 6.12. The van der Waals surface area contributed by atoms with Crippen molar-refractivity contribution in [3.05, 3.63) is 46.7 Å². The lowest BCUT2D eigenvalue weighted by atomic mass is 9.95. The van der Waals surface area contributed by atoms with Crippen molar-refractivity contribution in [2.45, 2.75) is 45.7 Å². The van der Waals surface area contributed by atoms with Crippen LogP contribution in [-0.4, -0.2) is 35.8 Å². The number of aliphatic carboxylic acids is 1. The van der Waals surface area contributed by atoms with Gasteiger partial charge in [0, 0.05) is 18.2 Å². The van der Waals surface area contributed by atoms with Crippen LogP contribution >= 0.6 is 0 Å². The summed E-state index contributed by atoms with van der Waals surface area (Å²) in [5.41, 5.74) is 12.1. The van der Waals surface area contributed by atoms with Gasteiger partial charge in [-0.15, -0.1) is 0 Å². The lowest BCUT2D eigenvalue weighted by molar-refractivity contribution is -0.137. The van der Waals surface area contributed by atoms with Gasteiger partial charge in [-0.3, -0.25) is 14.6 Å². The topological polar surface area (TPSA) is 131 Å². The zero-order valence-electron chi connectivity index (χ0n) is 17.0. The van der Waals surface area contributed by atoms with Crippen LogP contribution in [0, 0.1) is 17.6 Å². The number of carbonyl (C=O) groups is 2. The number of hydrogen-bond acceptors (Lipinski definition) is 5. The number of halogens is 2. The molecule has 0 unspecified atom stereocenters. The molecule has 1 rings (SSSR count). The molecule has 0 fully saturated rings. The summed E-state index contributed by atoms with van der Waals surface area (Å²) in [6.45, 7) is 5.39. The minimum absolute atomic E-state index is 0.125. The fourth-order valence-electron chi connectivity index (χ4n) is 2.92. The number of amides is 1. The fourth-order valence-corrected chi connectivity index (χ4v) is 2.92. The Morgan fingerprint density at radius 2 is 1.93 bits per heavy atom. The smallest absolute Gasteiger partial charge is 0.305 e. The Labute approximate surface area is 168 Å². The van der Waals surface area contributed by atoms with Gasteiger partial charge >= 0.3 is 5.97 Å². The maximum absolute atomic E-state index is 14.6. The molecule has 1 amide bonds. The largest absolute Gasteiger partial charge is 0.481 e. The Morgan fingerprint density at radius 3 is 2.41 bits per heavy atom. The number of nitrogens with zero attached hydrogens (tertiary/aromatic N) is 1. The van der Waals surface area contributed by atoms with Gasteiger partial charge in [0.2, 0.25) is 5.91 Å². The molecule has 0 aliphatic carbocycles. The van der Waals surface area contributed by atoms with Crippen LogP contribution in [0.15, 0.2) is 28.9 Å². The van der Waals surface area contributed by atoms with Crippen molar-refractivity contribution in [2.24, 2.45) is 22.4 Å². The Bertz CT molecular complexity index is 822. The van der Waals surface area contributed by atoms with Gasteiger partial charge in [0.1, 0.15) is 0 Å². The molecule has 0 saturated carbocycles. The minimum Gasteiger partial charge on any atom is -0.481 e. The lowest BCUT2D eigenvalue weighted by Crippen LogP contribution is -2.43. The third-order valence-electron chi connectivity index (χ3n) is 4.31. The van der Waals surface area contributed by atoms with E-state index in [0.29, 0.717) is 17.7 Å². The first-order chi connectivity index (χ1) is 13.5. The number of benzene rings is 1. The van der Waals surface area contributed by atoms with Gasteiger partial charge in [0.15, 0.2) is 11.6 Å². The molecule has 1 aromatic carbocycles. The van der Waals surface area contributed by atoms with Crippen LogP contribution in [0.1, 0.15) is 50.8 Å². The number of nitrogens with two attached hydrogens (primary N) is 2. The molecular formula is C20H28F2N4O3. The minimum atomic E-state index is -1.31. The normalized spacial score (nSPS) is 14.6. The van der Waals surface area contributed by atoms with Gasteiger partial charge in [-0.05, 0) is 43.2 Å². The summed E-state index contributed by atoms with van der Waals surface area (Å²) in [7, 11) is 1.46. The predicted octanol–water partition coefficient (Wildman–Crippen LogP) is 2.25. The van der Waals surface area contributed by atoms with Gasteiger partial charge in [-0.25, -0.2) is 8.78 Å². The van der Waals surface area contributed by atoms with Gasteiger partial charge < -0.3 is 21.9 Å². The SMILES string of the molecule is CN=C(/C(C)=C\N)c1cc(F)c(F)c([C@H](CC(=O)O)NC(=O)[C@@H](N)CC(C)C)c1. The molecule has 0 radical (unpaired) electrons. The van der Waals surface area contributed by atoms with E-state index in [0.717, 1.165) is 6.07 Å². The molecule has 9 heteroatoms. The molecule has 160 valence electrons. The number of hydrogen-bond donors (Lipinski definition) is 4. The second kappa shape index (κ2) is 10.7. The number of carboxylic acids is 1. The molecule has 0 aliphatic rings. The van der Waals surface area contributed by atoms with E-state index in [1.165, 1.54) is 19.3 Å². The van der Waals surface area contributed by atoms with E-state index in [-0.39, 0.29) is 17.0 Å². The van der Waals surface area contributed by atoms with Crippen molar-refractivity contribution < 1.29 is 23.5 Å². The molecule has 1 aromatic rings. The molecule has 0 saturated heterocycles. The highest BCUT2D eigenvalue weighted by atomic mass is 19.2. The van der Waals surface area contributed by atoms with E-state index in [9.17, 15) is 23.5 Å². The standard InChI is InChI=1S/C20H28F2N4O3/c1-10(2)5-15(24)20(29)26-16(8-17(27)28)13-6-12(7-14(21)18(13)22)19(25-4)11(3)9-23/h6-7,9-10,15-16H,5,8,23-24H2,1-4H3,(H,26,29)(H,27,28)/b11-9-,25-19?/t15-,16-/m0/s1. The quantitative estimate of drug-likeness (QED) is 0.464. The Hall–Kier alpha value is -2.81. The molecule has 2 atom stereocenters. The Kier molecular flexibility index (Phi) is 8.90. The van der Waals surface area contributed by atoms with Crippen LogP contribution in [-0.2, 0) is 9.59 Å². The van der Waals surface area contributed by atoms with Crippen LogP contribution in [0.25, 0.3) is 0 Å². The number of nitrogens with one attached hydrogen (secondary N) is 1. The average Bonchev–Trinajstić information content (AvgIpc) is 2.63. The van der Waals surface area contributed by atoms with Crippen LogP contribution in [0.2, 0.25) is 0 Å². The maximum Gasteiger partial charge on any atom is 0.305 e. The third-order valence-corrected chi connectivity index (χ3v) is 4.31. The summed E-state index contributed by atoms with van der Waals surface area (Å²) < 4.78 is 28.9. The Balaban J connectivity index is 3.41. The van der Waals surface area contributed by atoms with E-state index >= 15 is 0 Å². The molecule has 6 N–H and O–H groups in total.